The Kier molecular flexibility index (Phi) is 9.24. The van der Waals surface area contributed by atoms with E-state index in [1.807, 2.05) is 26.0 Å². The molecule has 0 aliphatic heterocycles. The summed E-state index contributed by atoms with van der Waals surface area (Å²) in [5, 5.41) is 8.60. The third-order valence-electron chi connectivity index (χ3n) is 4.11. The summed E-state index contributed by atoms with van der Waals surface area (Å²) in [6.07, 6.45) is 0.389. The van der Waals surface area contributed by atoms with Crippen molar-refractivity contribution in [2.24, 2.45) is 0 Å². The molecule has 0 spiro atoms. The minimum Gasteiger partial charge on any atom is -0.491 e. The van der Waals surface area contributed by atoms with E-state index in [2.05, 4.69) is 16.0 Å². The minimum atomic E-state index is -0.352. The number of anilines is 2. The number of carbonyl (C=O) groups excluding carboxylic acids is 2. The zero-order chi connectivity index (χ0) is 21.9. The lowest BCUT2D eigenvalue weighted by molar-refractivity contribution is -0.115. The van der Waals surface area contributed by atoms with Gasteiger partial charge in [-0.3, -0.25) is 14.9 Å². The number of carbonyl (C=O) groups is 2. The average molecular weight is 430 g/mol. The molecule has 30 heavy (non-hydrogen) atoms. The minimum absolute atomic E-state index is 0.0745. The highest BCUT2D eigenvalue weighted by Gasteiger charge is 2.10. The summed E-state index contributed by atoms with van der Waals surface area (Å²) < 4.78 is 10.8. The van der Waals surface area contributed by atoms with Crippen molar-refractivity contribution in [3.63, 3.8) is 0 Å². The molecule has 0 saturated heterocycles. The van der Waals surface area contributed by atoms with Crippen molar-refractivity contribution in [3.05, 3.63) is 53.6 Å². The first kappa shape index (κ1) is 23.3. The molecule has 0 bridgehead atoms. The van der Waals surface area contributed by atoms with Gasteiger partial charge in [0.15, 0.2) is 5.11 Å². The number of aryl methyl sites for hydroxylation is 1. The normalized spacial score (nSPS) is 10.2. The number of hydrogen-bond acceptors (Lipinski definition) is 5. The number of benzene rings is 2. The Labute approximate surface area is 182 Å². The molecule has 7 nitrogen and oxygen atoms in total. The monoisotopic (exact) mass is 429 g/mol. The molecular formula is C22H27N3O4S. The van der Waals surface area contributed by atoms with Crippen LogP contribution in [0.25, 0.3) is 0 Å². The summed E-state index contributed by atoms with van der Waals surface area (Å²) in [5.41, 5.74) is 2.70. The summed E-state index contributed by atoms with van der Waals surface area (Å²) in [4.78, 5) is 24.2. The van der Waals surface area contributed by atoms with E-state index in [0.717, 1.165) is 5.56 Å². The molecule has 2 amide bonds. The Morgan fingerprint density at radius 3 is 2.57 bits per heavy atom. The Balaban J connectivity index is 1.95. The molecule has 0 saturated carbocycles. The van der Waals surface area contributed by atoms with Crippen molar-refractivity contribution >= 4 is 40.5 Å². The quantitative estimate of drug-likeness (QED) is 0.414. The second-order valence-corrected chi connectivity index (χ2v) is 6.82. The molecule has 3 N–H and O–H groups in total. The lowest BCUT2D eigenvalue weighted by Gasteiger charge is -2.13. The van der Waals surface area contributed by atoms with Gasteiger partial charge in [0.25, 0.3) is 5.91 Å². The molecule has 0 fully saturated rings. The molecule has 0 atom stereocenters. The van der Waals surface area contributed by atoms with E-state index >= 15 is 0 Å². The highest BCUT2D eigenvalue weighted by atomic mass is 32.1. The summed E-state index contributed by atoms with van der Waals surface area (Å²) in [6, 6.07) is 12.3. The van der Waals surface area contributed by atoms with Crippen LogP contribution in [0.4, 0.5) is 11.4 Å². The average Bonchev–Trinajstić information content (AvgIpc) is 2.73. The van der Waals surface area contributed by atoms with Crippen LogP contribution in [0.15, 0.2) is 42.5 Å². The first-order valence-electron chi connectivity index (χ1n) is 9.76. The van der Waals surface area contributed by atoms with Crippen molar-refractivity contribution in [2.75, 3.05) is 30.5 Å². The molecule has 2 aromatic rings. The number of nitrogens with one attached hydrogen (secondary N) is 3. The van der Waals surface area contributed by atoms with Gasteiger partial charge in [-0.25, -0.2) is 0 Å². The van der Waals surface area contributed by atoms with Crippen LogP contribution in [-0.2, 0) is 9.53 Å². The molecule has 160 valence electrons. The van der Waals surface area contributed by atoms with Crippen LogP contribution in [-0.4, -0.2) is 36.7 Å². The van der Waals surface area contributed by atoms with Crippen LogP contribution in [0.1, 0.15) is 36.2 Å². The fraction of sp³-hybridized carbons (Fsp3) is 0.318. The smallest absolute Gasteiger partial charge is 0.257 e. The van der Waals surface area contributed by atoms with Crippen LogP contribution < -0.4 is 20.7 Å². The van der Waals surface area contributed by atoms with E-state index in [9.17, 15) is 9.59 Å². The first-order valence-corrected chi connectivity index (χ1v) is 10.2. The van der Waals surface area contributed by atoms with Crippen LogP contribution >= 0.6 is 12.2 Å². The van der Waals surface area contributed by atoms with Crippen molar-refractivity contribution in [2.45, 2.75) is 27.2 Å². The predicted molar refractivity (Wildman–Crippen MR) is 122 cm³/mol. The van der Waals surface area contributed by atoms with E-state index in [-0.39, 0.29) is 16.9 Å². The van der Waals surface area contributed by atoms with Gasteiger partial charge < -0.3 is 20.1 Å². The highest BCUT2D eigenvalue weighted by molar-refractivity contribution is 7.80. The highest BCUT2D eigenvalue weighted by Crippen LogP contribution is 2.20. The third-order valence-corrected chi connectivity index (χ3v) is 4.32. The van der Waals surface area contributed by atoms with Crippen molar-refractivity contribution in [1.29, 1.82) is 0 Å². The van der Waals surface area contributed by atoms with Gasteiger partial charge in [0, 0.05) is 30.0 Å². The van der Waals surface area contributed by atoms with Crippen LogP contribution in [0.3, 0.4) is 0 Å². The second-order valence-electron chi connectivity index (χ2n) is 6.41. The summed E-state index contributed by atoms with van der Waals surface area (Å²) >= 11 is 5.25. The Morgan fingerprint density at radius 1 is 1.03 bits per heavy atom. The van der Waals surface area contributed by atoms with E-state index in [4.69, 9.17) is 21.7 Å². The SMILES string of the molecule is CCOCCOc1cccc(C(=O)NC(=S)Nc2ccc(C)c(NC(=O)CC)c2)c1. The number of hydrogen-bond donors (Lipinski definition) is 3. The molecule has 0 radical (unpaired) electrons. The largest absolute Gasteiger partial charge is 0.491 e. The maximum atomic E-state index is 12.5. The van der Waals surface area contributed by atoms with Crippen LogP contribution in [0.5, 0.6) is 5.75 Å². The lowest BCUT2D eigenvalue weighted by Crippen LogP contribution is -2.34. The van der Waals surface area contributed by atoms with Gasteiger partial charge in [-0.05, 0) is 62.0 Å². The van der Waals surface area contributed by atoms with Crippen molar-refractivity contribution in [1.82, 2.24) is 5.32 Å². The standard InChI is InChI=1S/C22H27N3O4S/c1-4-20(26)24-19-14-17(10-9-15(19)3)23-22(30)25-21(27)16-7-6-8-18(13-16)29-12-11-28-5-2/h6-10,13-14H,4-5,11-12H2,1-3H3,(H,24,26)(H2,23,25,27,30). The van der Waals surface area contributed by atoms with Crippen molar-refractivity contribution in [3.8, 4) is 5.75 Å². The number of amides is 2. The van der Waals surface area contributed by atoms with Gasteiger partial charge >= 0.3 is 0 Å². The molecular weight excluding hydrogens is 402 g/mol. The topological polar surface area (TPSA) is 88.7 Å². The fourth-order valence-corrected chi connectivity index (χ4v) is 2.71. The van der Waals surface area contributed by atoms with Gasteiger partial charge in [-0.1, -0.05) is 19.1 Å². The molecule has 2 aromatic carbocycles. The van der Waals surface area contributed by atoms with E-state index < -0.39 is 0 Å². The zero-order valence-corrected chi connectivity index (χ0v) is 18.2. The molecule has 0 heterocycles. The fourth-order valence-electron chi connectivity index (χ4n) is 2.50. The molecule has 0 aliphatic rings. The van der Waals surface area contributed by atoms with Crippen molar-refractivity contribution < 1.29 is 19.1 Å². The Bertz CT molecular complexity index is 902. The number of ether oxygens (including phenoxy) is 2. The molecule has 0 aliphatic carbocycles. The van der Waals surface area contributed by atoms with Crippen LogP contribution in [0, 0.1) is 6.92 Å². The van der Waals surface area contributed by atoms with E-state index in [0.29, 0.717) is 48.9 Å². The summed E-state index contributed by atoms with van der Waals surface area (Å²) in [5.74, 6) is 0.153. The van der Waals surface area contributed by atoms with Crippen LogP contribution in [0.2, 0.25) is 0 Å². The predicted octanol–water partition coefficient (Wildman–Crippen LogP) is 3.89. The molecule has 8 heteroatoms. The second kappa shape index (κ2) is 11.9. The zero-order valence-electron chi connectivity index (χ0n) is 17.4. The number of rotatable bonds is 9. The van der Waals surface area contributed by atoms with Gasteiger partial charge in [0.2, 0.25) is 5.91 Å². The van der Waals surface area contributed by atoms with Gasteiger partial charge in [-0.2, -0.15) is 0 Å². The van der Waals surface area contributed by atoms with Gasteiger partial charge in [0.1, 0.15) is 12.4 Å². The molecule has 0 unspecified atom stereocenters. The maximum absolute atomic E-state index is 12.5. The molecule has 0 aromatic heterocycles. The van der Waals surface area contributed by atoms with Gasteiger partial charge in [-0.15, -0.1) is 0 Å². The van der Waals surface area contributed by atoms with Gasteiger partial charge in [0.05, 0.1) is 6.61 Å². The molecule has 2 rings (SSSR count). The Hall–Kier alpha value is -2.97. The summed E-state index contributed by atoms with van der Waals surface area (Å²) in [6.45, 7) is 7.13. The first-order chi connectivity index (χ1) is 14.4. The Morgan fingerprint density at radius 2 is 1.83 bits per heavy atom. The maximum Gasteiger partial charge on any atom is 0.257 e. The van der Waals surface area contributed by atoms with E-state index in [1.54, 1.807) is 37.3 Å². The summed E-state index contributed by atoms with van der Waals surface area (Å²) in [7, 11) is 0. The lowest BCUT2D eigenvalue weighted by atomic mass is 10.1. The third kappa shape index (κ3) is 7.46. The number of thiocarbonyl (C=S) groups is 1. The van der Waals surface area contributed by atoms with E-state index in [1.165, 1.54) is 0 Å².